The number of quaternary nitrogens is 1. The third-order valence-corrected chi connectivity index (χ3v) is 9.70. The van der Waals surface area contributed by atoms with Gasteiger partial charge in [-0.1, -0.05) is 73.7 Å². The van der Waals surface area contributed by atoms with Crippen LogP contribution in [0.1, 0.15) is 43.4 Å². The van der Waals surface area contributed by atoms with Gasteiger partial charge in [0, 0.05) is 35.9 Å². The van der Waals surface area contributed by atoms with E-state index in [0.29, 0.717) is 5.92 Å². The maximum atomic E-state index is 12.2. The molecule has 0 spiro atoms. The molecule has 8 rings (SSSR count). The van der Waals surface area contributed by atoms with E-state index in [9.17, 15) is 5.11 Å². The highest BCUT2D eigenvalue weighted by molar-refractivity contribution is 6.02. The smallest absolute Gasteiger partial charge is 0.131 e. The molecule has 1 N–H and O–H groups in total. The molecule has 3 aliphatic heterocycles. The zero-order chi connectivity index (χ0) is 25.0. The molecule has 3 fully saturated rings. The molecule has 4 heterocycles. The molecule has 0 unspecified atom stereocenters. The van der Waals surface area contributed by atoms with Crippen LogP contribution in [0.15, 0.2) is 91.1 Å². The lowest BCUT2D eigenvalue weighted by atomic mass is 9.70. The second-order valence-electron chi connectivity index (χ2n) is 11.5. The van der Waals surface area contributed by atoms with Crippen LogP contribution in [0.3, 0.4) is 0 Å². The van der Waals surface area contributed by atoms with Gasteiger partial charge in [0.25, 0.3) is 0 Å². The summed E-state index contributed by atoms with van der Waals surface area (Å²) in [5.41, 5.74) is 3.45. The Balaban J connectivity index is 1.39. The normalized spacial score (nSPS) is 26.2. The average Bonchev–Trinajstić information content (AvgIpc) is 2.96. The van der Waals surface area contributed by atoms with Gasteiger partial charge in [0.1, 0.15) is 18.7 Å². The van der Waals surface area contributed by atoms with Crippen molar-refractivity contribution >= 4 is 32.4 Å². The minimum Gasteiger partial charge on any atom is -0.382 e. The van der Waals surface area contributed by atoms with Gasteiger partial charge in [0.15, 0.2) is 0 Å². The Morgan fingerprint density at radius 3 is 2.30 bits per heavy atom. The number of aliphatic hydroxyl groups excluding tert-OH is 1. The second kappa shape index (κ2) is 8.93. The predicted molar refractivity (Wildman–Crippen MR) is 152 cm³/mol. The molecule has 186 valence electrons. The molecule has 3 aliphatic rings. The van der Waals surface area contributed by atoms with Crippen molar-refractivity contribution in [3.8, 4) is 0 Å². The summed E-state index contributed by atoms with van der Waals surface area (Å²) < 4.78 is 0.977. The van der Waals surface area contributed by atoms with E-state index in [0.717, 1.165) is 52.9 Å². The lowest BCUT2D eigenvalue weighted by Crippen LogP contribution is -2.67. The molecule has 3 nitrogen and oxygen atoms in total. The fourth-order valence-electron chi connectivity index (χ4n) is 7.84. The van der Waals surface area contributed by atoms with E-state index in [1.807, 2.05) is 12.3 Å². The maximum absolute atomic E-state index is 12.2. The summed E-state index contributed by atoms with van der Waals surface area (Å²) in [4.78, 5) is 4.58. The first-order valence-electron chi connectivity index (χ1n) is 13.9. The van der Waals surface area contributed by atoms with Gasteiger partial charge < -0.3 is 9.59 Å². The Hall–Kier alpha value is -3.27. The molecular formula is C34H35N2O+. The van der Waals surface area contributed by atoms with Crippen LogP contribution < -0.4 is 0 Å². The molecule has 0 saturated carbocycles. The number of rotatable bonds is 5. The number of para-hydroxylation sites is 1. The van der Waals surface area contributed by atoms with Gasteiger partial charge in [-0.05, 0) is 57.6 Å². The second-order valence-corrected chi connectivity index (χ2v) is 11.5. The Bertz CT molecular complexity index is 1550. The van der Waals surface area contributed by atoms with Gasteiger partial charge in [0.2, 0.25) is 0 Å². The van der Waals surface area contributed by atoms with Crippen molar-refractivity contribution in [3.05, 3.63) is 102 Å². The Morgan fingerprint density at radius 2 is 1.57 bits per heavy atom. The molecule has 37 heavy (non-hydrogen) atoms. The minimum atomic E-state index is -0.505. The summed E-state index contributed by atoms with van der Waals surface area (Å²) >= 11 is 0. The first-order valence-corrected chi connectivity index (χ1v) is 13.9. The quantitative estimate of drug-likeness (QED) is 0.207. The molecular weight excluding hydrogens is 452 g/mol. The van der Waals surface area contributed by atoms with Gasteiger partial charge in [-0.2, -0.15) is 0 Å². The third kappa shape index (κ3) is 3.67. The molecule has 4 aromatic carbocycles. The number of benzene rings is 4. The van der Waals surface area contributed by atoms with Crippen LogP contribution in [0, 0.1) is 11.8 Å². The summed E-state index contributed by atoms with van der Waals surface area (Å²) in [6.07, 6.45) is 4.95. The van der Waals surface area contributed by atoms with Crippen LogP contribution >= 0.6 is 0 Å². The van der Waals surface area contributed by atoms with Crippen molar-refractivity contribution in [3.63, 3.8) is 0 Å². The number of aromatic nitrogens is 1. The lowest BCUT2D eigenvalue weighted by Gasteiger charge is -2.58. The van der Waals surface area contributed by atoms with Gasteiger partial charge in [-0.25, -0.2) is 0 Å². The number of piperidine rings is 3. The minimum absolute atomic E-state index is 0.185. The number of pyridine rings is 1. The number of hydrogen-bond acceptors (Lipinski definition) is 2. The van der Waals surface area contributed by atoms with Crippen LogP contribution in [0.4, 0.5) is 0 Å². The van der Waals surface area contributed by atoms with Gasteiger partial charge in [-0.15, -0.1) is 0 Å². The first-order chi connectivity index (χ1) is 18.2. The zero-order valence-corrected chi connectivity index (χ0v) is 21.6. The van der Waals surface area contributed by atoms with Crippen LogP contribution in [0.25, 0.3) is 32.4 Å². The maximum Gasteiger partial charge on any atom is 0.131 e. The third-order valence-electron chi connectivity index (χ3n) is 9.70. The van der Waals surface area contributed by atoms with Gasteiger partial charge in [0.05, 0.1) is 18.6 Å². The summed E-state index contributed by atoms with van der Waals surface area (Å²) in [7, 11) is 0. The molecule has 0 amide bonds. The highest BCUT2D eigenvalue weighted by Gasteiger charge is 2.54. The van der Waals surface area contributed by atoms with E-state index in [2.05, 4.69) is 90.8 Å². The van der Waals surface area contributed by atoms with Gasteiger partial charge >= 0.3 is 0 Å². The monoisotopic (exact) mass is 487 g/mol. The number of nitrogens with zero attached hydrogens (tertiary/aromatic N) is 2. The molecule has 2 bridgehead atoms. The SMILES string of the molecule is CC[C@H]1C[N@+]2(Cc3c4ccccc4cc4ccccc34)CC[C@H]1C[C@@H]2[C@H](O)c1ccnc2ccccc12. The van der Waals surface area contributed by atoms with Crippen LogP contribution in [0.5, 0.6) is 0 Å². The highest BCUT2D eigenvalue weighted by atomic mass is 16.3. The van der Waals surface area contributed by atoms with Crippen molar-refractivity contribution in [2.75, 3.05) is 13.1 Å². The van der Waals surface area contributed by atoms with Crippen molar-refractivity contribution in [2.24, 2.45) is 11.8 Å². The van der Waals surface area contributed by atoms with E-state index < -0.39 is 6.10 Å². The summed E-state index contributed by atoms with van der Waals surface area (Å²) in [5, 5.41) is 18.6. The van der Waals surface area contributed by atoms with Crippen LogP contribution in [-0.4, -0.2) is 33.7 Å². The molecule has 0 aliphatic carbocycles. The fourth-order valence-corrected chi connectivity index (χ4v) is 7.84. The summed E-state index contributed by atoms with van der Waals surface area (Å²) in [6, 6.07) is 30.6. The molecule has 5 aromatic rings. The summed E-state index contributed by atoms with van der Waals surface area (Å²) in [5.74, 6) is 1.44. The molecule has 3 saturated heterocycles. The standard InChI is InChI=1S/C34H35N2O/c1-2-23-21-36(22-31-27-11-5-3-9-25(27)19-26-10-4-6-12-28(26)31)18-16-24(23)20-33(36)34(37)30-15-17-35-32-14-8-7-13-29(30)32/h3-15,17,19,23-24,33-34,37H,2,16,18,20-22H2,1H3/q+1/t23-,24-,33+,34+,36-/m0/s1. The van der Waals surface area contributed by atoms with E-state index in [4.69, 9.17) is 0 Å². The number of aliphatic hydroxyl groups is 1. The molecule has 0 radical (unpaired) electrons. The highest BCUT2D eigenvalue weighted by Crippen LogP contribution is 2.49. The Labute approximate surface area is 219 Å². The molecule has 5 atom stereocenters. The van der Waals surface area contributed by atoms with E-state index in [1.54, 1.807) is 0 Å². The first kappa shape index (κ1) is 22.9. The molecule has 1 aromatic heterocycles. The predicted octanol–water partition coefficient (Wildman–Crippen LogP) is 7.41. The van der Waals surface area contributed by atoms with Crippen molar-refractivity contribution in [1.82, 2.24) is 4.98 Å². The summed E-state index contributed by atoms with van der Waals surface area (Å²) in [6.45, 7) is 5.63. The average molecular weight is 488 g/mol. The largest absolute Gasteiger partial charge is 0.382 e. The lowest BCUT2D eigenvalue weighted by molar-refractivity contribution is -0.985. The van der Waals surface area contributed by atoms with E-state index in [-0.39, 0.29) is 6.04 Å². The van der Waals surface area contributed by atoms with Crippen LogP contribution in [-0.2, 0) is 6.54 Å². The number of fused-ring (bicyclic) bond motifs is 6. The Kier molecular flexibility index (Phi) is 5.53. The Morgan fingerprint density at radius 1 is 0.892 bits per heavy atom. The zero-order valence-electron chi connectivity index (χ0n) is 21.6. The van der Waals surface area contributed by atoms with Crippen molar-refractivity contribution in [1.29, 1.82) is 0 Å². The van der Waals surface area contributed by atoms with E-state index in [1.165, 1.54) is 39.9 Å². The van der Waals surface area contributed by atoms with Crippen molar-refractivity contribution < 1.29 is 9.59 Å². The fraction of sp³-hybridized carbons (Fsp3) is 0.324. The van der Waals surface area contributed by atoms with E-state index >= 15 is 0 Å². The number of hydrogen-bond donors (Lipinski definition) is 1. The van der Waals surface area contributed by atoms with Gasteiger partial charge in [-0.3, -0.25) is 4.98 Å². The van der Waals surface area contributed by atoms with Crippen molar-refractivity contribution in [2.45, 2.75) is 44.9 Å². The topological polar surface area (TPSA) is 33.1 Å². The van der Waals surface area contributed by atoms with Crippen LogP contribution in [0.2, 0.25) is 0 Å². The molecule has 3 heteroatoms.